The van der Waals surface area contributed by atoms with Gasteiger partial charge in [-0.15, -0.1) is 0 Å². The standard InChI is InChI=1S/C11H11BrN2O3S/c12-7-2-8(10(11(16)17)13-3-7)14-4-6(5-18)1-9(14)15/h2-3,6,18H,1,4-5H2,(H,16,17). The number of hydrogen-bond acceptors (Lipinski definition) is 4. The first kappa shape index (κ1) is 13.4. The van der Waals surface area contributed by atoms with Gasteiger partial charge in [0, 0.05) is 23.6 Å². The zero-order chi connectivity index (χ0) is 13.3. The summed E-state index contributed by atoms with van der Waals surface area (Å²) in [6.45, 7) is 0.487. The smallest absolute Gasteiger partial charge is 0.356 e. The Morgan fingerprint density at radius 2 is 2.39 bits per heavy atom. The second kappa shape index (κ2) is 5.27. The molecule has 1 atom stereocenters. The van der Waals surface area contributed by atoms with Gasteiger partial charge in [0.05, 0.1) is 5.69 Å². The van der Waals surface area contributed by atoms with Crippen molar-refractivity contribution in [3.05, 3.63) is 22.4 Å². The van der Waals surface area contributed by atoms with Crippen molar-refractivity contribution in [2.24, 2.45) is 5.92 Å². The average molecular weight is 331 g/mol. The van der Waals surface area contributed by atoms with Crippen LogP contribution in [-0.4, -0.2) is 34.3 Å². The van der Waals surface area contributed by atoms with Gasteiger partial charge in [-0.05, 0) is 33.7 Å². The van der Waals surface area contributed by atoms with Crippen molar-refractivity contribution < 1.29 is 14.7 Å². The van der Waals surface area contributed by atoms with E-state index in [2.05, 4.69) is 33.5 Å². The number of carbonyl (C=O) groups excluding carboxylic acids is 1. The van der Waals surface area contributed by atoms with Crippen LogP contribution in [0.2, 0.25) is 0 Å². The highest BCUT2D eigenvalue weighted by atomic mass is 79.9. The lowest BCUT2D eigenvalue weighted by molar-refractivity contribution is -0.117. The first-order chi connectivity index (χ1) is 8.52. The fourth-order valence-electron chi connectivity index (χ4n) is 1.94. The van der Waals surface area contributed by atoms with Crippen molar-refractivity contribution >= 4 is 46.1 Å². The van der Waals surface area contributed by atoms with E-state index in [0.29, 0.717) is 28.9 Å². The Morgan fingerprint density at radius 3 is 2.94 bits per heavy atom. The minimum Gasteiger partial charge on any atom is -0.476 e. The molecule has 1 N–H and O–H groups in total. The molecule has 1 fully saturated rings. The van der Waals surface area contributed by atoms with E-state index in [1.165, 1.54) is 11.1 Å². The number of carboxylic acids is 1. The van der Waals surface area contributed by atoms with Gasteiger partial charge in [0.1, 0.15) is 0 Å². The number of amides is 1. The van der Waals surface area contributed by atoms with Crippen LogP contribution in [0.4, 0.5) is 5.69 Å². The summed E-state index contributed by atoms with van der Waals surface area (Å²) in [5, 5.41) is 9.10. The molecule has 0 aromatic carbocycles. The van der Waals surface area contributed by atoms with Gasteiger partial charge in [-0.1, -0.05) is 0 Å². The molecule has 0 bridgehead atoms. The zero-order valence-corrected chi connectivity index (χ0v) is 11.8. The fraction of sp³-hybridized carbons (Fsp3) is 0.364. The Labute approximate surface area is 118 Å². The molecular weight excluding hydrogens is 320 g/mol. The molecule has 0 radical (unpaired) electrons. The second-order valence-corrected chi connectivity index (χ2v) is 5.36. The number of pyridine rings is 1. The summed E-state index contributed by atoms with van der Waals surface area (Å²) >= 11 is 7.41. The lowest BCUT2D eigenvalue weighted by Gasteiger charge is -2.18. The predicted octanol–water partition coefficient (Wildman–Crippen LogP) is 1.82. The number of thiol groups is 1. The number of nitrogens with zero attached hydrogens (tertiary/aromatic N) is 2. The maximum Gasteiger partial charge on any atom is 0.356 e. The molecule has 2 rings (SSSR count). The van der Waals surface area contributed by atoms with Crippen LogP contribution in [0.3, 0.4) is 0 Å². The highest BCUT2D eigenvalue weighted by Crippen LogP contribution is 2.29. The Morgan fingerprint density at radius 1 is 1.67 bits per heavy atom. The van der Waals surface area contributed by atoms with Gasteiger partial charge in [-0.25, -0.2) is 9.78 Å². The van der Waals surface area contributed by atoms with Crippen molar-refractivity contribution in [2.75, 3.05) is 17.2 Å². The zero-order valence-electron chi connectivity index (χ0n) is 9.34. The molecular formula is C11H11BrN2O3S. The summed E-state index contributed by atoms with van der Waals surface area (Å²) in [5.41, 5.74) is 0.234. The molecule has 0 aliphatic carbocycles. The molecule has 1 amide bonds. The minimum atomic E-state index is -1.14. The summed E-state index contributed by atoms with van der Waals surface area (Å²) < 4.78 is 0.643. The summed E-state index contributed by atoms with van der Waals surface area (Å²) in [5.74, 6) is -0.468. The van der Waals surface area contributed by atoms with Crippen molar-refractivity contribution in [1.29, 1.82) is 0 Å². The topological polar surface area (TPSA) is 70.5 Å². The molecule has 0 saturated carbocycles. The Balaban J connectivity index is 2.41. The van der Waals surface area contributed by atoms with Crippen molar-refractivity contribution in [2.45, 2.75) is 6.42 Å². The number of hydrogen-bond donors (Lipinski definition) is 2. The van der Waals surface area contributed by atoms with Crippen LogP contribution >= 0.6 is 28.6 Å². The van der Waals surface area contributed by atoms with Crippen LogP contribution in [0.25, 0.3) is 0 Å². The lowest BCUT2D eigenvalue weighted by atomic mass is 10.1. The van der Waals surface area contributed by atoms with Crippen LogP contribution < -0.4 is 4.90 Å². The van der Waals surface area contributed by atoms with Crippen molar-refractivity contribution in [1.82, 2.24) is 4.98 Å². The average Bonchev–Trinajstić information content (AvgIpc) is 2.70. The number of aromatic nitrogens is 1. The number of halogens is 1. The van der Waals surface area contributed by atoms with Crippen LogP contribution in [0.15, 0.2) is 16.7 Å². The third-order valence-electron chi connectivity index (χ3n) is 2.79. The summed E-state index contributed by atoms with van der Waals surface area (Å²) in [4.78, 5) is 28.3. The quantitative estimate of drug-likeness (QED) is 0.829. The van der Waals surface area contributed by atoms with Gasteiger partial charge >= 0.3 is 5.97 Å². The summed E-state index contributed by atoms with van der Waals surface area (Å²) in [6.07, 6.45) is 1.80. The predicted molar refractivity (Wildman–Crippen MR) is 73.2 cm³/mol. The Hall–Kier alpha value is -1.08. The van der Waals surface area contributed by atoms with E-state index in [-0.39, 0.29) is 17.5 Å². The first-order valence-electron chi connectivity index (χ1n) is 5.33. The third-order valence-corrected chi connectivity index (χ3v) is 3.74. The van der Waals surface area contributed by atoms with Crippen molar-refractivity contribution in [3.63, 3.8) is 0 Å². The molecule has 1 aromatic heterocycles. The van der Waals surface area contributed by atoms with E-state index in [4.69, 9.17) is 5.11 Å². The van der Waals surface area contributed by atoms with Gasteiger partial charge in [0.15, 0.2) is 5.69 Å². The summed E-state index contributed by atoms with van der Waals surface area (Å²) in [6, 6.07) is 1.61. The summed E-state index contributed by atoms with van der Waals surface area (Å²) in [7, 11) is 0. The van der Waals surface area contributed by atoms with E-state index in [0.717, 1.165) is 0 Å². The first-order valence-corrected chi connectivity index (χ1v) is 6.75. The molecule has 18 heavy (non-hydrogen) atoms. The van der Waals surface area contributed by atoms with Crippen LogP contribution in [0.5, 0.6) is 0 Å². The Bertz CT molecular complexity index is 509. The maximum atomic E-state index is 11.9. The molecule has 1 aliphatic heterocycles. The molecule has 96 valence electrons. The van der Waals surface area contributed by atoms with Gasteiger partial charge in [0.25, 0.3) is 0 Å². The van der Waals surface area contributed by atoms with Crippen LogP contribution in [0, 0.1) is 5.92 Å². The third kappa shape index (κ3) is 2.51. The van der Waals surface area contributed by atoms with Gasteiger partial charge in [-0.2, -0.15) is 12.6 Å². The number of aromatic carboxylic acids is 1. The van der Waals surface area contributed by atoms with Crippen LogP contribution in [0.1, 0.15) is 16.9 Å². The normalized spacial score (nSPS) is 19.3. The molecule has 1 aliphatic rings. The lowest BCUT2D eigenvalue weighted by Crippen LogP contribution is -2.27. The van der Waals surface area contributed by atoms with Gasteiger partial charge in [0.2, 0.25) is 5.91 Å². The largest absolute Gasteiger partial charge is 0.476 e. The highest BCUT2D eigenvalue weighted by molar-refractivity contribution is 9.10. The highest BCUT2D eigenvalue weighted by Gasteiger charge is 2.32. The monoisotopic (exact) mass is 330 g/mol. The molecule has 2 heterocycles. The van der Waals surface area contributed by atoms with E-state index >= 15 is 0 Å². The molecule has 1 saturated heterocycles. The van der Waals surface area contributed by atoms with E-state index in [1.807, 2.05) is 0 Å². The second-order valence-electron chi connectivity index (χ2n) is 4.08. The fourth-order valence-corrected chi connectivity index (χ4v) is 2.50. The number of anilines is 1. The number of carboxylic acid groups (broad SMARTS) is 1. The Kier molecular flexibility index (Phi) is 3.91. The molecule has 0 spiro atoms. The molecule has 5 nitrogen and oxygen atoms in total. The van der Waals surface area contributed by atoms with E-state index in [1.54, 1.807) is 6.07 Å². The van der Waals surface area contributed by atoms with Crippen molar-refractivity contribution in [3.8, 4) is 0 Å². The molecule has 1 unspecified atom stereocenters. The van der Waals surface area contributed by atoms with Gasteiger partial charge < -0.3 is 10.0 Å². The SMILES string of the molecule is O=C(O)c1ncc(Br)cc1N1CC(CS)CC1=O. The van der Waals surface area contributed by atoms with Crippen LogP contribution in [-0.2, 0) is 4.79 Å². The minimum absolute atomic E-state index is 0.0866. The molecule has 7 heteroatoms. The number of carbonyl (C=O) groups is 2. The molecule has 1 aromatic rings. The van der Waals surface area contributed by atoms with E-state index in [9.17, 15) is 9.59 Å². The number of rotatable bonds is 3. The maximum absolute atomic E-state index is 11.9. The van der Waals surface area contributed by atoms with E-state index < -0.39 is 5.97 Å². The van der Waals surface area contributed by atoms with Gasteiger partial charge in [-0.3, -0.25) is 4.79 Å².